The molecule has 1 aromatic carbocycles. The smallest absolute Gasteiger partial charge is 0.243 e. The van der Waals surface area contributed by atoms with Gasteiger partial charge in [-0.15, -0.1) is 0 Å². The fraction of sp³-hybridized carbons (Fsp3) is 0.500. The number of hydrogen-bond acceptors (Lipinski definition) is 4. The van der Waals surface area contributed by atoms with E-state index >= 15 is 0 Å². The van der Waals surface area contributed by atoms with Gasteiger partial charge >= 0.3 is 0 Å². The van der Waals surface area contributed by atoms with E-state index in [1.54, 1.807) is 0 Å². The van der Waals surface area contributed by atoms with Crippen LogP contribution in [0.5, 0.6) is 0 Å². The summed E-state index contributed by atoms with van der Waals surface area (Å²) in [6, 6.07) is 4.15. The largest absolute Gasteiger partial charge is 0.391 e. The molecule has 1 aliphatic rings. The summed E-state index contributed by atoms with van der Waals surface area (Å²) in [4.78, 5) is 37.2. The maximum Gasteiger partial charge on any atom is 0.243 e. The van der Waals surface area contributed by atoms with Crippen LogP contribution in [0, 0.1) is 13.8 Å². The van der Waals surface area contributed by atoms with Crippen LogP contribution in [0.1, 0.15) is 30.0 Å². The Labute approximate surface area is 147 Å². The quantitative estimate of drug-likeness (QED) is 0.684. The molecule has 0 unspecified atom stereocenters. The molecule has 0 spiro atoms. The van der Waals surface area contributed by atoms with Gasteiger partial charge in [-0.2, -0.15) is 0 Å². The Hall–Kier alpha value is -2.41. The molecule has 0 aromatic heterocycles. The number of aliphatic hydroxyl groups excluding tert-OH is 1. The second-order valence-corrected chi connectivity index (χ2v) is 6.66. The van der Waals surface area contributed by atoms with Crippen molar-refractivity contribution in [3.8, 4) is 0 Å². The van der Waals surface area contributed by atoms with Gasteiger partial charge in [0.05, 0.1) is 6.10 Å². The number of aryl methyl sites for hydroxylation is 2. The van der Waals surface area contributed by atoms with E-state index in [0.29, 0.717) is 0 Å². The van der Waals surface area contributed by atoms with Crippen LogP contribution in [0.2, 0.25) is 0 Å². The van der Waals surface area contributed by atoms with Crippen molar-refractivity contribution >= 4 is 17.7 Å². The number of primary amides is 1. The molecule has 4 N–H and O–H groups in total. The summed E-state index contributed by atoms with van der Waals surface area (Å²) in [7, 11) is 0. The van der Waals surface area contributed by atoms with Gasteiger partial charge in [-0.1, -0.05) is 18.2 Å². The summed E-state index contributed by atoms with van der Waals surface area (Å²) in [5.74, 6) is -1.40. The van der Waals surface area contributed by atoms with E-state index < -0.39 is 30.0 Å². The average molecular weight is 347 g/mol. The molecule has 0 aliphatic carbocycles. The molecule has 25 heavy (non-hydrogen) atoms. The molecule has 3 amide bonds. The Bertz CT molecular complexity index is 689. The minimum absolute atomic E-state index is 0.117. The summed E-state index contributed by atoms with van der Waals surface area (Å²) in [6.45, 7) is 5.43. The zero-order chi connectivity index (χ0) is 18.7. The van der Waals surface area contributed by atoms with Crippen molar-refractivity contribution in [2.45, 2.75) is 51.8 Å². The zero-order valence-corrected chi connectivity index (χ0v) is 14.8. The minimum atomic E-state index is -0.874. The van der Waals surface area contributed by atoms with Crippen molar-refractivity contribution in [3.05, 3.63) is 34.9 Å². The molecule has 1 aromatic rings. The molecule has 7 nitrogen and oxygen atoms in total. The molecule has 0 saturated carbocycles. The lowest BCUT2D eigenvalue weighted by atomic mass is 10.00. The molecule has 3 atom stereocenters. The SMILES string of the molecule is CC(=O)N1C[C@H](O)C[C@H]1C(=O)N[C@@H](Cc1ccc(C)c(C)c1)C(N)=O. The molecule has 2 rings (SSSR count). The number of β-amino-alcohol motifs (C(OH)–C–C–N with tert-alkyl or cyclic N) is 1. The van der Waals surface area contributed by atoms with E-state index in [1.807, 2.05) is 32.0 Å². The van der Waals surface area contributed by atoms with Crippen LogP contribution >= 0.6 is 0 Å². The summed E-state index contributed by atoms with van der Waals surface area (Å²) < 4.78 is 0. The number of rotatable bonds is 5. The van der Waals surface area contributed by atoms with Crippen molar-refractivity contribution < 1.29 is 19.5 Å². The van der Waals surface area contributed by atoms with Gasteiger partial charge in [0.1, 0.15) is 12.1 Å². The molecule has 1 heterocycles. The predicted molar refractivity (Wildman–Crippen MR) is 92.5 cm³/mol. The Kier molecular flexibility index (Phi) is 5.79. The highest BCUT2D eigenvalue weighted by Gasteiger charge is 2.38. The van der Waals surface area contributed by atoms with Crippen molar-refractivity contribution in [1.82, 2.24) is 10.2 Å². The molecule has 1 aliphatic heterocycles. The van der Waals surface area contributed by atoms with Crippen LogP contribution in [0.25, 0.3) is 0 Å². The number of nitrogens with two attached hydrogens (primary N) is 1. The molecule has 7 heteroatoms. The van der Waals surface area contributed by atoms with E-state index in [0.717, 1.165) is 16.7 Å². The van der Waals surface area contributed by atoms with E-state index in [1.165, 1.54) is 11.8 Å². The first kappa shape index (κ1) is 18.9. The third-order valence-electron chi connectivity index (χ3n) is 4.66. The van der Waals surface area contributed by atoms with Crippen LogP contribution in [0.4, 0.5) is 0 Å². The Balaban J connectivity index is 2.10. The van der Waals surface area contributed by atoms with Gasteiger partial charge in [0.2, 0.25) is 17.7 Å². The first-order valence-electron chi connectivity index (χ1n) is 8.30. The monoisotopic (exact) mass is 347 g/mol. The fourth-order valence-electron chi connectivity index (χ4n) is 3.07. The number of carbonyl (C=O) groups is 3. The second kappa shape index (κ2) is 7.65. The van der Waals surface area contributed by atoms with Gasteiger partial charge in [-0.3, -0.25) is 14.4 Å². The lowest BCUT2D eigenvalue weighted by molar-refractivity contribution is -0.138. The second-order valence-electron chi connectivity index (χ2n) is 6.66. The number of likely N-dealkylation sites (tertiary alicyclic amines) is 1. The van der Waals surface area contributed by atoms with Crippen LogP contribution in [-0.4, -0.2) is 52.5 Å². The van der Waals surface area contributed by atoms with Crippen molar-refractivity contribution in [3.63, 3.8) is 0 Å². The number of nitrogens with zero attached hydrogens (tertiary/aromatic N) is 1. The maximum atomic E-state index is 12.5. The first-order valence-corrected chi connectivity index (χ1v) is 8.30. The van der Waals surface area contributed by atoms with Crippen LogP contribution in [-0.2, 0) is 20.8 Å². The number of nitrogens with one attached hydrogen (secondary N) is 1. The number of aliphatic hydroxyl groups is 1. The van der Waals surface area contributed by atoms with Crippen molar-refractivity contribution in [2.75, 3.05) is 6.54 Å². The lowest BCUT2D eigenvalue weighted by Gasteiger charge is -2.24. The summed E-state index contributed by atoms with van der Waals surface area (Å²) in [5.41, 5.74) is 8.56. The standard InChI is InChI=1S/C18H25N3O4/c1-10-4-5-13(6-11(10)2)7-15(17(19)24)20-18(25)16-8-14(23)9-21(16)12(3)22/h4-6,14-16,23H,7-9H2,1-3H3,(H2,19,24)(H,20,25)/t14-,15+,16+/m1/s1. The molecule has 0 radical (unpaired) electrons. The van der Waals surface area contributed by atoms with Gasteiger partial charge < -0.3 is 21.1 Å². The number of carbonyl (C=O) groups excluding carboxylic acids is 3. The highest BCUT2D eigenvalue weighted by atomic mass is 16.3. The molecule has 0 bridgehead atoms. The minimum Gasteiger partial charge on any atom is -0.391 e. The Morgan fingerprint density at radius 2 is 2.00 bits per heavy atom. The van der Waals surface area contributed by atoms with E-state index in [4.69, 9.17) is 5.73 Å². The third-order valence-corrected chi connectivity index (χ3v) is 4.66. The average Bonchev–Trinajstić information content (AvgIpc) is 2.92. The molecular weight excluding hydrogens is 322 g/mol. The van der Waals surface area contributed by atoms with E-state index in [-0.39, 0.29) is 25.3 Å². The number of amides is 3. The van der Waals surface area contributed by atoms with E-state index in [2.05, 4.69) is 5.32 Å². The lowest BCUT2D eigenvalue weighted by Crippen LogP contribution is -2.52. The topological polar surface area (TPSA) is 113 Å². The summed E-state index contributed by atoms with van der Waals surface area (Å²) in [5, 5.41) is 12.4. The van der Waals surface area contributed by atoms with Gasteiger partial charge in [0.25, 0.3) is 0 Å². The molecule has 1 fully saturated rings. The third kappa shape index (κ3) is 4.57. The highest BCUT2D eigenvalue weighted by Crippen LogP contribution is 2.19. The van der Waals surface area contributed by atoms with Crippen molar-refractivity contribution in [1.29, 1.82) is 0 Å². The Morgan fingerprint density at radius 1 is 1.32 bits per heavy atom. The van der Waals surface area contributed by atoms with Gasteiger partial charge in [-0.25, -0.2) is 0 Å². The number of benzene rings is 1. The summed E-state index contributed by atoms with van der Waals surface area (Å²) >= 11 is 0. The van der Waals surface area contributed by atoms with Gasteiger partial charge in [0, 0.05) is 26.3 Å². The highest BCUT2D eigenvalue weighted by molar-refractivity contribution is 5.91. The normalized spacial score (nSPS) is 21.0. The van der Waals surface area contributed by atoms with Gasteiger partial charge in [-0.05, 0) is 30.5 Å². The first-order chi connectivity index (χ1) is 11.7. The van der Waals surface area contributed by atoms with Crippen LogP contribution in [0.15, 0.2) is 18.2 Å². The zero-order valence-electron chi connectivity index (χ0n) is 14.8. The molecule has 1 saturated heterocycles. The van der Waals surface area contributed by atoms with E-state index in [9.17, 15) is 19.5 Å². The fourth-order valence-corrected chi connectivity index (χ4v) is 3.07. The molecule has 136 valence electrons. The predicted octanol–water partition coefficient (Wildman–Crippen LogP) is -0.202. The van der Waals surface area contributed by atoms with Crippen LogP contribution in [0.3, 0.4) is 0 Å². The molecular formula is C18H25N3O4. The Morgan fingerprint density at radius 3 is 2.56 bits per heavy atom. The number of hydrogen-bond donors (Lipinski definition) is 3. The van der Waals surface area contributed by atoms with Crippen LogP contribution < -0.4 is 11.1 Å². The van der Waals surface area contributed by atoms with Crippen molar-refractivity contribution in [2.24, 2.45) is 5.73 Å². The van der Waals surface area contributed by atoms with Gasteiger partial charge in [0.15, 0.2) is 0 Å². The maximum absolute atomic E-state index is 12.5. The summed E-state index contributed by atoms with van der Waals surface area (Å²) in [6.07, 6.45) is -0.315.